The number of fused-ring (bicyclic) bond motifs is 1. The molecule has 4 unspecified atom stereocenters. The van der Waals surface area contributed by atoms with Gasteiger partial charge in [0.2, 0.25) is 17.7 Å². The summed E-state index contributed by atoms with van der Waals surface area (Å²) in [7, 11) is 0. The van der Waals surface area contributed by atoms with Crippen molar-refractivity contribution >= 4 is 52.3 Å². The summed E-state index contributed by atoms with van der Waals surface area (Å²) in [6.45, 7) is 0. The molecule has 0 aliphatic heterocycles. The molecule has 15 heteroatoms. The van der Waals surface area contributed by atoms with Crippen molar-refractivity contribution in [3.63, 3.8) is 0 Å². The number of amides is 3. The van der Waals surface area contributed by atoms with Crippen LogP contribution >= 0.6 is 11.8 Å². The number of benzene rings is 1. The van der Waals surface area contributed by atoms with Crippen molar-refractivity contribution in [1.29, 1.82) is 0 Å². The SMILES string of the molecule is CSCCC(NC(=O)C(CCC(=O)O)NC(=O)C(Cc1cnc[nH]1)NC(=O)C(N)Cc1c[nH]c2ccccc12)C(=O)O. The van der Waals surface area contributed by atoms with Gasteiger partial charge in [-0.05, 0) is 42.9 Å². The number of para-hydroxylation sites is 1. The highest BCUT2D eigenvalue weighted by Gasteiger charge is 2.31. The van der Waals surface area contributed by atoms with Crippen molar-refractivity contribution in [3.8, 4) is 0 Å². The van der Waals surface area contributed by atoms with Crippen LogP contribution in [0.15, 0.2) is 43.0 Å². The number of H-pyrrole nitrogens is 2. The summed E-state index contributed by atoms with van der Waals surface area (Å²) in [4.78, 5) is 72.3. The van der Waals surface area contributed by atoms with E-state index in [1.54, 1.807) is 12.5 Å². The number of aromatic nitrogens is 3. The lowest BCUT2D eigenvalue weighted by molar-refractivity contribution is -0.143. The van der Waals surface area contributed by atoms with Gasteiger partial charge in [0.15, 0.2) is 0 Å². The van der Waals surface area contributed by atoms with Gasteiger partial charge in [-0.1, -0.05) is 18.2 Å². The fourth-order valence-corrected chi connectivity index (χ4v) is 4.78. The standard InChI is InChI=1S/C27H35N7O7S/c1-42-9-8-21(27(40)41)33-25(38)20(6-7-23(35)36)32-26(39)22(11-16-13-29-14-31-16)34-24(37)18(28)10-15-12-30-19-5-3-2-4-17(15)19/h2-5,12-14,18,20-22,30H,6-11,28H2,1H3,(H,29,31)(H,32,39)(H,33,38)(H,34,37)(H,35,36)(H,40,41). The molecule has 3 amide bonds. The van der Waals surface area contributed by atoms with Gasteiger partial charge in [-0.25, -0.2) is 9.78 Å². The lowest BCUT2D eigenvalue weighted by Gasteiger charge is -2.25. The van der Waals surface area contributed by atoms with Crippen LogP contribution in [0.3, 0.4) is 0 Å². The zero-order valence-electron chi connectivity index (χ0n) is 23.0. The van der Waals surface area contributed by atoms with E-state index < -0.39 is 60.2 Å². The summed E-state index contributed by atoms with van der Waals surface area (Å²) in [5.74, 6) is -4.24. The average Bonchev–Trinajstić information content (AvgIpc) is 3.62. The van der Waals surface area contributed by atoms with Crippen molar-refractivity contribution in [2.75, 3.05) is 12.0 Å². The maximum atomic E-state index is 13.4. The van der Waals surface area contributed by atoms with Gasteiger partial charge in [0.05, 0.1) is 12.4 Å². The van der Waals surface area contributed by atoms with Crippen molar-refractivity contribution in [3.05, 3.63) is 54.2 Å². The number of carbonyl (C=O) groups excluding carboxylic acids is 3. The van der Waals surface area contributed by atoms with E-state index in [0.717, 1.165) is 16.5 Å². The van der Waals surface area contributed by atoms with E-state index >= 15 is 0 Å². The molecule has 0 saturated heterocycles. The third-order valence-corrected chi connectivity index (χ3v) is 7.21. The minimum Gasteiger partial charge on any atom is -0.481 e. The van der Waals surface area contributed by atoms with Gasteiger partial charge in [0.1, 0.15) is 18.1 Å². The second-order valence-corrected chi connectivity index (χ2v) is 10.7. The Balaban J connectivity index is 1.75. The smallest absolute Gasteiger partial charge is 0.326 e. The van der Waals surface area contributed by atoms with Gasteiger partial charge in [-0.15, -0.1) is 0 Å². The van der Waals surface area contributed by atoms with E-state index in [2.05, 4.69) is 30.9 Å². The first-order chi connectivity index (χ1) is 20.1. The number of aliphatic carboxylic acids is 2. The number of thioether (sulfide) groups is 1. The number of carboxylic acid groups (broad SMARTS) is 2. The Kier molecular flexibility index (Phi) is 11.9. The van der Waals surface area contributed by atoms with Gasteiger partial charge in [-0.2, -0.15) is 11.8 Å². The number of nitrogens with one attached hydrogen (secondary N) is 5. The van der Waals surface area contributed by atoms with Crippen LogP contribution in [0.1, 0.15) is 30.5 Å². The Bertz CT molecular complexity index is 1380. The van der Waals surface area contributed by atoms with Crippen molar-refractivity contribution < 1.29 is 34.2 Å². The maximum absolute atomic E-state index is 13.4. The fraction of sp³-hybridized carbons (Fsp3) is 0.407. The summed E-state index contributed by atoms with van der Waals surface area (Å²) in [5, 5.41) is 27.1. The Hall–Kier alpha value is -4.37. The number of hydrogen-bond acceptors (Lipinski definition) is 8. The van der Waals surface area contributed by atoms with E-state index in [1.165, 1.54) is 24.3 Å². The van der Waals surface area contributed by atoms with Crippen LogP contribution < -0.4 is 21.7 Å². The summed E-state index contributed by atoms with van der Waals surface area (Å²) in [6, 6.07) is 2.73. The molecule has 3 rings (SSSR count). The van der Waals surface area contributed by atoms with Crippen molar-refractivity contribution in [1.82, 2.24) is 30.9 Å². The molecule has 0 aliphatic carbocycles. The lowest BCUT2D eigenvalue weighted by atomic mass is 10.0. The summed E-state index contributed by atoms with van der Waals surface area (Å²) in [5.41, 5.74) is 8.43. The molecule has 2 heterocycles. The largest absolute Gasteiger partial charge is 0.481 e. The summed E-state index contributed by atoms with van der Waals surface area (Å²) >= 11 is 1.40. The number of imidazole rings is 1. The Morgan fingerprint density at radius 1 is 0.929 bits per heavy atom. The second-order valence-electron chi connectivity index (χ2n) is 9.69. The van der Waals surface area contributed by atoms with Crippen LogP contribution in [-0.4, -0.2) is 91.0 Å². The molecule has 42 heavy (non-hydrogen) atoms. The molecule has 0 bridgehead atoms. The predicted molar refractivity (Wildman–Crippen MR) is 156 cm³/mol. The molecule has 0 fully saturated rings. The Labute approximate surface area is 245 Å². The second kappa shape index (κ2) is 15.6. The van der Waals surface area contributed by atoms with E-state index in [9.17, 15) is 34.2 Å². The number of aromatic amines is 2. The molecule has 0 saturated carbocycles. The van der Waals surface area contributed by atoms with Crippen LogP contribution in [0.2, 0.25) is 0 Å². The molecule has 226 valence electrons. The molecule has 14 nitrogen and oxygen atoms in total. The summed E-state index contributed by atoms with van der Waals surface area (Å²) < 4.78 is 0. The molecule has 9 N–H and O–H groups in total. The minimum absolute atomic E-state index is 0.0316. The molecule has 2 aromatic heterocycles. The van der Waals surface area contributed by atoms with Gasteiger partial charge in [0.25, 0.3) is 0 Å². The van der Waals surface area contributed by atoms with E-state index in [-0.39, 0.29) is 25.7 Å². The molecule has 0 aliphatic rings. The molecule has 3 aromatic rings. The zero-order valence-corrected chi connectivity index (χ0v) is 23.8. The topological polar surface area (TPSA) is 232 Å². The number of carboxylic acids is 2. The van der Waals surface area contributed by atoms with Crippen LogP contribution in [0.25, 0.3) is 10.9 Å². The zero-order chi connectivity index (χ0) is 30.6. The monoisotopic (exact) mass is 601 g/mol. The van der Waals surface area contributed by atoms with Gasteiger partial charge in [-0.3, -0.25) is 19.2 Å². The molecule has 0 spiro atoms. The number of rotatable bonds is 17. The third kappa shape index (κ3) is 9.34. The fourth-order valence-electron chi connectivity index (χ4n) is 4.31. The Morgan fingerprint density at radius 2 is 1.62 bits per heavy atom. The van der Waals surface area contributed by atoms with Gasteiger partial charge in [0, 0.05) is 41.8 Å². The average molecular weight is 602 g/mol. The highest BCUT2D eigenvalue weighted by Crippen LogP contribution is 2.19. The van der Waals surface area contributed by atoms with Crippen LogP contribution in [0.5, 0.6) is 0 Å². The number of nitrogens with zero attached hydrogens (tertiary/aromatic N) is 1. The van der Waals surface area contributed by atoms with Crippen molar-refractivity contribution in [2.45, 2.75) is 56.3 Å². The number of carbonyl (C=O) groups is 5. The van der Waals surface area contributed by atoms with E-state index in [4.69, 9.17) is 5.73 Å². The normalized spacial score (nSPS) is 14.0. The molecular formula is C27H35N7O7S. The van der Waals surface area contributed by atoms with Gasteiger partial charge < -0.3 is 41.9 Å². The number of nitrogens with two attached hydrogens (primary N) is 1. The highest BCUT2D eigenvalue weighted by atomic mass is 32.2. The van der Waals surface area contributed by atoms with Crippen LogP contribution in [-0.2, 0) is 36.8 Å². The quantitative estimate of drug-likeness (QED) is 0.104. The first kappa shape index (κ1) is 32.1. The van der Waals surface area contributed by atoms with Crippen LogP contribution in [0, 0.1) is 0 Å². The Morgan fingerprint density at radius 3 is 2.29 bits per heavy atom. The molecule has 0 radical (unpaired) electrons. The predicted octanol–water partition coefficient (Wildman–Crippen LogP) is 0.160. The third-order valence-electron chi connectivity index (χ3n) is 6.57. The first-order valence-corrected chi connectivity index (χ1v) is 14.6. The molecule has 4 atom stereocenters. The minimum atomic E-state index is -1.37. The number of hydrogen-bond donors (Lipinski definition) is 8. The van der Waals surface area contributed by atoms with Crippen molar-refractivity contribution in [2.24, 2.45) is 5.73 Å². The molecular weight excluding hydrogens is 566 g/mol. The van der Waals surface area contributed by atoms with E-state index in [0.29, 0.717) is 11.4 Å². The van der Waals surface area contributed by atoms with Gasteiger partial charge >= 0.3 is 11.9 Å². The first-order valence-electron chi connectivity index (χ1n) is 13.2. The van der Waals surface area contributed by atoms with Crippen LogP contribution in [0.4, 0.5) is 0 Å². The molecule has 1 aromatic carbocycles. The summed E-state index contributed by atoms with van der Waals surface area (Å²) in [6.07, 6.45) is 5.95. The lowest BCUT2D eigenvalue weighted by Crippen LogP contribution is -2.58. The van der Waals surface area contributed by atoms with E-state index in [1.807, 2.05) is 24.3 Å². The maximum Gasteiger partial charge on any atom is 0.326 e. The highest BCUT2D eigenvalue weighted by molar-refractivity contribution is 7.98.